The van der Waals surface area contributed by atoms with E-state index in [4.69, 9.17) is 9.15 Å². The monoisotopic (exact) mass is 497 g/mol. The van der Waals surface area contributed by atoms with Crippen LogP contribution >= 0.6 is 43.6 Å². The van der Waals surface area contributed by atoms with Gasteiger partial charge in [-0.05, 0) is 61.7 Å². The van der Waals surface area contributed by atoms with Crippen LogP contribution in [0.15, 0.2) is 60.1 Å². The van der Waals surface area contributed by atoms with Crippen LogP contribution in [0, 0.1) is 0 Å². The number of para-hydroxylation sites is 2. The summed E-state index contributed by atoms with van der Waals surface area (Å²) in [5, 5.41) is 4.42. The summed E-state index contributed by atoms with van der Waals surface area (Å²) >= 11 is 8.05. The molecule has 6 nitrogen and oxygen atoms in total. The lowest BCUT2D eigenvalue weighted by molar-refractivity contribution is -0.118. The number of hydrogen-bond donors (Lipinski definition) is 1. The van der Waals surface area contributed by atoms with E-state index in [0.717, 1.165) is 20.0 Å². The van der Waals surface area contributed by atoms with Gasteiger partial charge >= 0.3 is 0 Å². The number of rotatable bonds is 6. The average molecular weight is 499 g/mol. The first-order chi connectivity index (χ1) is 12.6. The van der Waals surface area contributed by atoms with Gasteiger partial charge in [-0.3, -0.25) is 4.79 Å². The Morgan fingerprint density at radius 1 is 1.35 bits per heavy atom. The number of hydrogen-bond acceptors (Lipinski definition) is 6. The molecule has 1 heterocycles. The van der Waals surface area contributed by atoms with E-state index in [0.29, 0.717) is 16.6 Å². The third-order valence-electron chi connectivity index (χ3n) is 3.23. The number of benzene rings is 2. The van der Waals surface area contributed by atoms with Gasteiger partial charge in [0.25, 0.3) is 11.1 Å². The highest BCUT2D eigenvalue weighted by Crippen LogP contribution is 2.33. The summed E-state index contributed by atoms with van der Waals surface area (Å²) in [5.41, 5.74) is 4.75. The standard InChI is InChI=1S/C17H13Br2N3O3S/c1-24-16-11(18)6-10(7-12(16)19)8-20-22-15(23)9-26-17-21-13-4-2-3-5-14(13)25-17/h2-8H,9H2,1H3,(H,22,23)/b20-8-. The molecule has 0 unspecified atom stereocenters. The van der Waals surface area contributed by atoms with Crippen molar-refractivity contribution in [3.63, 3.8) is 0 Å². The number of carbonyl (C=O) groups excluding carboxylic acids is 1. The normalized spacial score (nSPS) is 11.2. The van der Waals surface area contributed by atoms with Gasteiger partial charge in [0, 0.05) is 0 Å². The molecule has 134 valence electrons. The number of halogens is 2. The number of amides is 1. The van der Waals surface area contributed by atoms with Gasteiger partial charge in [0.15, 0.2) is 5.58 Å². The molecule has 0 atom stereocenters. The lowest BCUT2D eigenvalue weighted by atomic mass is 10.2. The minimum absolute atomic E-state index is 0.153. The van der Waals surface area contributed by atoms with Crippen molar-refractivity contribution in [3.8, 4) is 5.75 Å². The van der Waals surface area contributed by atoms with E-state index < -0.39 is 0 Å². The van der Waals surface area contributed by atoms with Crippen LogP contribution in [0.1, 0.15) is 5.56 Å². The summed E-state index contributed by atoms with van der Waals surface area (Å²) in [6.45, 7) is 0. The number of methoxy groups -OCH3 is 1. The van der Waals surface area contributed by atoms with Crippen molar-refractivity contribution in [1.29, 1.82) is 0 Å². The summed E-state index contributed by atoms with van der Waals surface area (Å²) in [5.74, 6) is 0.598. The summed E-state index contributed by atoms with van der Waals surface area (Å²) in [6.07, 6.45) is 1.55. The quantitative estimate of drug-likeness (QED) is 0.305. The maximum atomic E-state index is 11.9. The molecular weight excluding hydrogens is 486 g/mol. The minimum Gasteiger partial charge on any atom is -0.494 e. The lowest BCUT2D eigenvalue weighted by Crippen LogP contribution is -2.19. The average Bonchev–Trinajstić information content (AvgIpc) is 3.03. The van der Waals surface area contributed by atoms with Gasteiger partial charge in [-0.2, -0.15) is 5.10 Å². The number of aromatic nitrogens is 1. The predicted octanol–water partition coefficient (Wildman–Crippen LogP) is 4.60. The third kappa shape index (κ3) is 4.66. The van der Waals surface area contributed by atoms with Crippen LogP contribution in [0.25, 0.3) is 11.1 Å². The van der Waals surface area contributed by atoms with Gasteiger partial charge in [0.05, 0.1) is 28.0 Å². The van der Waals surface area contributed by atoms with E-state index in [1.807, 2.05) is 36.4 Å². The second-order valence-electron chi connectivity index (χ2n) is 5.05. The Morgan fingerprint density at radius 2 is 2.08 bits per heavy atom. The minimum atomic E-state index is -0.250. The maximum Gasteiger partial charge on any atom is 0.257 e. The van der Waals surface area contributed by atoms with Crippen LogP contribution in [0.5, 0.6) is 5.75 Å². The molecule has 1 aromatic heterocycles. The fourth-order valence-electron chi connectivity index (χ4n) is 2.10. The van der Waals surface area contributed by atoms with Crippen molar-refractivity contribution in [2.75, 3.05) is 12.9 Å². The number of fused-ring (bicyclic) bond motifs is 1. The Morgan fingerprint density at radius 3 is 2.77 bits per heavy atom. The van der Waals surface area contributed by atoms with E-state index >= 15 is 0 Å². The summed E-state index contributed by atoms with van der Waals surface area (Å²) in [7, 11) is 1.59. The Balaban J connectivity index is 1.54. The number of hydrazone groups is 1. The number of carbonyl (C=O) groups is 1. The van der Waals surface area contributed by atoms with Crippen LogP contribution in [0.3, 0.4) is 0 Å². The van der Waals surface area contributed by atoms with Crippen LogP contribution in [-0.4, -0.2) is 30.0 Å². The van der Waals surface area contributed by atoms with Gasteiger partial charge in [-0.1, -0.05) is 23.9 Å². The molecule has 1 N–H and O–H groups in total. The highest BCUT2D eigenvalue weighted by atomic mass is 79.9. The molecule has 0 fully saturated rings. The second-order valence-corrected chi connectivity index (χ2v) is 7.68. The molecule has 0 aliphatic rings. The van der Waals surface area contributed by atoms with E-state index in [-0.39, 0.29) is 11.7 Å². The molecule has 26 heavy (non-hydrogen) atoms. The first kappa shape index (κ1) is 18.9. The topological polar surface area (TPSA) is 76.7 Å². The van der Waals surface area contributed by atoms with Crippen LogP contribution < -0.4 is 10.2 Å². The fourth-order valence-corrected chi connectivity index (χ4v) is 4.28. The zero-order valence-corrected chi connectivity index (χ0v) is 17.5. The van der Waals surface area contributed by atoms with Crippen LogP contribution in [-0.2, 0) is 4.79 Å². The SMILES string of the molecule is COc1c(Br)cc(/C=N\NC(=O)CSc2nc3ccccc3o2)cc1Br. The Hall–Kier alpha value is -1.84. The molecule has 3 aromatic rings. The second kappa shape index (κ2) is 8.70. The first-order valence-corrected chi connectivity index (χ1v) is 9.97. The predicted molar refractivity (Wildman–Crippen MR) is 109 cm³/mol. The van der Waals surface area contributed by atoms with Gasteiger partial charge in [0.1, 0.15) is 11.3 Å². The molecule has 0 saturated heterocycles. The van der Waals surface area contributed by atoms with Gasteiger partial charge in [-0.15, -0.1) is 0 Å². The number of thioether (sulfide) groups is 1. The van der Waals surface area contributed by atoms with E-state index in [1.54, 1.807) is 13.3 Å². The van der Waals surface area contributed by atoms with Crippen LogP contribution in [0.4, 0.5) is 0 Å². The first-order valence-electron chi connectivity index (χ1n) is 7.40. The molecule has 0 radical (unpaired) electrons. The van der Waals surface area contributed by atoms with Crippen molar-refractivity contribution >= 4 is 66.8 Å². The molecule has 0 saturated carbocycles. The smallest absolute Gasteiger partial charge is 0.257 e. The molecule has 2 aromatic carbocycles. The highest BCUT2D eigenvalue weighted by Gasteiger charge is 2.09. The molecule has 9 heteroatoms. The van der Waals surface area contributed by atoms with Crippen molar-refractivity contribution < 1.29 is 13.9 Å². The summed E-state index contributed by atoms with van der Waals surface area (Å²) < 4.78 is 12.4. The molecule has 0 aliphatic heterocycles. The lowest BCUT2D eigenvalue weighted by Gasteiger charge is -2.06. The number of nitrogens with zero attached hydrogens (tertiary/aromatic N) is 2. The molecule has 0 bridgehead atoms. The highest BCUT2D eigenvalue weighted by molar-refractivity contribution is 9.11. The van der Waals surface area contributed by atoms with Gasteiger partial charge in [-0.25, -0.2) is 10.4 Å². The Kier molecular flexibility index (Phi) is 6.33. The van der Waals surface area contributed by atoms with Crippen molar-refractivity contribution in [1.82, 2.24) is 10.4 Å². The van der Waals surface area contributed by atoms with E-state index in [9.17, 15) is 4.79 Å². The van der Waals surface area contributed by atoms with Crippen molar-refractivity contribution in [2.24, 2.45) is 5.10 Å². The largest absolute Gasteiger partial charge is 0.494 e. The molecular formula is C17H13Br2N3O3S. The molecule has 0 aliphatic carbocycles. The van der Waals surface area contributed by atoms with Crippen LogP contribution in [0.2, 0.25) is 0 Å². The molecule has 0 spiro atoms. The summed E-state index contributed by atoms with van der Waals surface area (Å²) in [4.78, 5) is 16.2. The maximum absolute atomic E-state index is 11.9. The number of oxazole rings is 1. The molecule has 3 rings (SSSR count). The number of ether oxygens (including phenoxy) is 1. The van der Waals surface area contributed by atoms with E-state index in [1.165, 1.54) is 11.8 Å². The van der Waals surface area contributed by atoms with Crippen molar-refractivity contribution in [2.45, 2.75) is 5.22 Å². The third-order valence-corrected chi connectivity index (χ3v) is 5.23. The Labute approximate surface area is 170 Å². The zero-order chi connectivity index (χ0) is 18.5. The fraction of sp³-hybridized carbons (Fsp3) is 0.118. The van der Waals surface area contributed by atoms with E-state index in [2.05, 4.69) is 47.4 Å². The van der Waals surface area contributed by atoms with Gasteiger partial charge in [0.2, 0.25) is 0 Å². The summed E-state index contributed by atoms with van der Waals surface area (Å²) in [6, 6.07) is 11.1. The zero-order valence-electron chi connectivity index (χ0n) is 13.5. The van der Waals surface area contributed by atoms with Gasteiger partial charge < -0.3 is 9.15 Å². The van der Waals surface area contributed by atoms with Crippen molar-refractivity contribution in [3.05, 3.63) is 50.9 Å². The Bertz CT molecular complexity index is 919. The number of nitrogens with one attached hydrogen (secondary N) is 1. The molecule has 1 amide bonds.